The first-order valence-corrected chi connectivity index (χ1v) is 7.77. The fraction of sp³-hybridized carbons (Fsp3) is 0.800. The Morgan fingerprint density at radius 2 is 2.26 bits per heavy atom. The second kappa shape index (κ2) is 5.95. The lowest BCUT2D eigenvalue weighted by molar-refractivity contribution is 0.170. The summed E-state index contributed by atoms with van der Waals surface area (Å²) in [5.74, 6) is 0.776. The van der Waals surface area contributed by atoms with Crippen LogP contribution in [0.15, 0.2) is 11.6 Å². The van der Waals surface area contributed by atoms with Crippen molar-refractivity contribution in [2.45, 2.75) is 44.6 Å². The van der Waals surface area contributed by atoms with E-state index in [1.54, 1.807) is 0 Å². The van der Waals surface area contributed by atoms with Gasteiger partial charge in [0.1, 0.15) is 0 Å². The van der Waals surface area contributed by atoms with Crippen LogP contribution in [0.4, 0.5) is 4.79 Å². The molecule has 0 aromatic carbocycles. The molecule has 4 heteroatoms. The molecule has 1 saturated heterocycles. The minimum atomic E-state index is 0.161. The Balaban J connectivity index is 1.51. The van der Waals surface area contributed by atoms with Crippen molar-refractivity contribution in [3.8, 4) is 0 Å². The van der Waals surface area contributed by atoms with E-state index in [0.717, 1.165) is 38.5 Å². The van der Waals surface area contributed by atoms with Gasteiger partial charge in [0, 0.05) is 25.7 Å². The van der Waals surface area contributed by atoms with E-state index >= 15 is 0 Å². The lowest BCUT2D eigenvalue weighted by atomic mass is 9.85. The highest BCUT2D eigenvalue weighted by Crippen LogP contribution is 2.35. The molecule has 1 saturated carbocycles. The number of amides is 2. The highest BCUT2D eigenvalue weighted by Gasteiger charge is 2.37. The number of hydrogen-bond donors (Lipinski definition) is 2. The van der Waals surface area contributed by atoms with Crippen LogP contribution in [0.25, 0.3) is 0 Å². The number of carbonyl (C=O) groups excluding carboxylic acids is 1. The van der Waals surface area contributed by atoms with Crippen LogP contribution < -0.4 is 10.6 Å². The number of rotatable bonds is 2. The zero-order valence-electron chi connectivity index (χ0n) is 11.7. The average Bonchev–Trinajstić information content (AvgIpc) is 2.90. The van der Waals surface area contributed by atoms with Crippen molar-refractivity contribution in [2.75, 3.05) is 26.2 Å². The van der Waals surface area contributed by atoms with E-state index in [9.17, 15) is 4.79 Å². The molecular weight excluding hydrogens is 238 g/mol. The van der Waals surface area contributed by atoms with Crippen molar-refractivity contribution in [2.24, 2.45) is 5.92 Å². The lowest BCUT2D eigenvalue weighted by Gasteiger charge is -2.31. The van der Waals surface area contributed by atoms with Gasteiger partial charge in [0.2, 0.25) is 0 Å². The van der Waals surface area contributed by atoms with Gasteiger partial charge in [-0.15, -0.1) is 0 Å². The van der Waals surface area contributed by atoms with E-state index in [4.69, 9.17) is 0 Å². The largest absolute Gasteiger partial charge is 0.334 e. The minimum absolute atomic E-state index is 0.161. The molecular formula is C15H25N3O. The normalized spacial score (nSPS) is 30.7. The van der Waals surface area contributed by atoms with E-state index < -0.39 is 0 Å². The van der Waals surface area contributed by atoms with E-state index in [-0.39, 0.29) is 6.03 Å². The van der Waals surface area contributed by atoms with Gasteiger partial charge < -0.3 is 15.5 Å². The average molecular weight is 263 g/mol. The topological polar surface area (TPSA) is 44.4 Å². The summed E-state index contributed by atoms with van der Waals surface area (Å²) in [4.78, 5) is 14.4. The van der Waals surface area contributed by atoms with Gasteiger partial charge in [-0.2, -0.15) is 0 Å². The van der Waals surface area contributed by atoms with Gasteiger partial charge in [-0.1, -0.05) is 24.5 Å². The molecule has 3 rings (SSSR count). The number of likely N-dealkylation sites (tertiary alicyclic amines) is 1. The monoisotopic (exact) mass is 263 g/mol. The summed E-state index contributed by atoms with van der Waals surface area (Å²) in [5.41, 5.74) is 1.37. The van der Waals surface area contributed by atoms with Crippen LogP contribution in [0, 0.1) is 5.92 Å². The molecule has 0 unspecified atom stereocenters. The molecule has 2 amide bonds. The second-order valence-electron chi connectivity index (χ2n) is 6.07. The molecule has 2 aliphatic heterocycles. The van der Waals surface area contributed by atoms with Crippen LogP contribution in [0.5, 0.6) is 0 Å². The summed E-state index contributed by atoms with van der Waals surface area (Å²) in [6.07, 6.45) is 9.67. The summed E-state index contributed by atoms with van der Waals surface area (Å²) in [6.45, 7) is 3.67. The first kappa shape index (κ1) is 13.0. The standard InChI is InChI=1S/C15H25N3O/c19-15(17-11-12-5-8-16-9-6-12)18-10-7-13-3-1-2-4-14(13)18/h5,13-14,16H,1-4,6-11H2,(H,17,19)/t13-,14-/m0/s1. The first-order chi connectivity index (χ1) is 9.34. The minimum Gasteiger partial charge on any atom is -0.334 e. The Morgan fingerprint density at radius 3 is 3.11 bits per heavy atom. The molecule has 0 aromatic rings. The van der Waals surface area contributed by atoms with Gasteiger partial charge in [0.25, 0.3) is 0 Å². The Kier molecular flexibility index (Phi) is 4.06. The third-order valence-electron chi connectivity index (χ3n) is 4.90. The molecule has 106 valence electrons. The molecule has 0 bridgehead atoms. The molecule has 4 nitrogen and oxygen atoms in total. The molecule has 0 aromatic heterocycles. The number of hydrogen-bond acceptors (Lipinski definition) is 2. The zero-order chi connectivity index (χ0) is 13.1. The third kappa shape index (κ3) is 2.94. The molecule has 0 spiro atoms. The number of urea groups is 1. The molecule has 2 N–H and O–H groups in total. The second-order valence-corrected chi connectivity index (χ2v) is 6.07. The molecule has 19 heavy (non-hydrogen) atoms. The quantitative estimate of drug-likeness (QED) is 0.747. The zero-order valence-corrected chi connectivity index (χ0v) is 11.7. The van der Waals surface area contributed by atoms with Crippen LogP contribution in [-0.2, 0) is 0 Å². The summed E-state index contributed by atoms with van der Waals surface area (Å²) in [5, 5.41) is 6.41. The van der Waals surface area contributed by atoms with Crippen molar-refractivity contribution >= 4 is 6.03 Å². The van der Waals surface area contributed by atoms with Crippen molar-refractivity contribution in [1.29, 1.82) is 0 Å². The maximum absolute atomic E-state index is 12.3. The Morgan fingerprint density at radius 1 is 1.37 bits per heavy atom. The number of nitrogens with zero attached hydrogens (tertiary/aromatic N) is 1. The molecule has 3 aliphatic rings. The van der Waals surface area contributed by atoms with Gasteiger partial charge in [0.05, 0.1) is 0 Å². The van der Waals surface area contributed by atoms with Crippen LogP contribution >= 0.6 is 0 Å². The lowest BCUT2D eigenvalue weighted by Crippen LogP contribution is -2.45. The van der Waals surface area contributed by atoms with E-state index in [2.05, 4.69) is 21.6 Å². The van der Waals surface area contributed by atoms with Crippen molar-refractivity contribution in [1.82, 2.24) is 15.5 Å². The fourth-order valence-corrected chi connectivity index (χ4v) is 3.78. The Bertz CT molecular complexity index is 366. The van der Waals surface area contributed by atoms with Gasteiger partial charge in [0.15, 0.2) is 0 Å². The Labute approximate surface area is 115 Å². The van der Waals surface area contributed by atoms with Gasteiger partial charge in [-0.3, -0.25) is 0 Å². The molecule has 0 radical (unpaired) electrons. The summed E-state index contributed by atoms with van der Waals surface area (Å²) >= 11 is 0. The smallest absolute Gasteiger partial charge is 0.317 e. The predicted octanol–water partition coefficient (Wildman–Crippen LogP) is 1.88. The molecule has 1 aliphatic carbocycles. The highest BCUT2D eigenvalue weighted by atomic mass is 16.2. The van der Waals surface area contributed by atoms with E-state index in [0.29, 0.717) is 6.04 Å². The van der Waals surface area contributed by atoms with Crippen LogP contribution in [0.2, 0.25) is 0 Å². The molecule has 2 heterocycles. The number of nitrogens with one attached hydrogen (secondary N) is 2. The Hall–Kier alpha value is -1.03. The van der Waals surface area contributed by atoms with Crippen LogP contribution in [0.3, 0.4) is 0 Å². The summed E-state index contributed by atoms with van der Waals surface area (Å²) < 4.78 is 0. The fourth-order valence-electron chi connectivity index (χ4n) is 3.78. The van der Waals surface area contributed by atoms with E-state index in [1.807, 2.05) is 0 Å². The SMILES string of the molecule is O=C(NCC1=CCNCC1)N1CC[C@@H]2CCCC[C@@H]21. The van der Waals surface area contributed by atoms with Crippen molar-refractivity contribution < 1.29 is 4.79 Å². The number of carbonyl (C=O) groups is 1. The van der Waals surface area contributed by atoms with Crippen LogP contribution in [-0.4, -0.2) is 43.2 Å². The van der Waals surface area contributed by atoms with Crippen molar-refractivity contribution in [3.63, 3.8) is 0 Å². The summed E-state index contributed by atoms with van der Waals surface area (Å²) in [7, 11) is 0. The van der Waals surface area contributed by atoms with Crippen LogP contribution in [0.1, 0.15) is 38.5 Å². The maximum Gasteiger partial charge on any atom is 0.317 e. The molecule has 2 fully saturated rings. The first-order valence-electron chi connectivity index (χ1n) is 7.77. The molecule has 2 atom stereocenters. The highest BCUT2D eigenvalue weighted by molar-refractivity contribution is 5.75. The van der Waals surface area contributed by atoms with Crippen molar-refractivity contribution in [3.05, 3.63) is 11.6 Å². The predicted molar refractivity (Wildman–Crippen MR) is 76.0 cm³/mol. The van der Waals surface area contributed by atoms with Gasteiger partial charge in [-0.05, 0) is 38.1 Å². The number of fused-ring (bicyclic) bond motifs is 1. The third-order valence-corrected chi connectivity index (χ3v) is 4.90. The van der Waals surface area contributed by atoms with Gasteiger partial charge >= 0.3 is 6.03 Å². The van der Waals surface area contributed by atoms with Gasteiger partial charge in [-0.25, -0.2) is 4.79 Å². The van der Waals surface area contributed by atoms with E-state index in [1.165, 1.54) is 37.7 Å². The maximum atomic E-state index is 12.3. The summed E-state index contributed by atoms with van der Waals surface area (Å²) in [6, 6.07) is 0.685.